The number of aliphatic hydroxyl groups excluding tert-OH is 1. The van der Waals surface area contributed by atoms with Gasteiger partial charge in [0.1, 0.15) is 11.4 Å². The number of halogens is 1. The average Bonchev–Trinajstić information content (AvgIpc) is 2.19. The minimum atomic E-state index is -0.227. The van der Waals surface area contributed by atoms with E-state index in [0.29, 0.717) is 6.42 Å². The summed E-state index contributed by atoms with van der Waals surface area (Å²) < 4.78 is 5.90. The van der Waals surface area contributed by atoms with Crippen LogP contribution in [0.2, 0.25) is 5.02 Å². The van der Waals surface area contributed by atoms with Crippen LogP contribution in [0.1, 0.15) is 25.3 Å². The van der Waals surface area contributed by atoms with Crippen LogP contribution < -0.4 is 4.74 Å². The van der Waals surface area contributed by atoms with E-state index < -0.39 is 0 Å². The standard InChI is InChI=1S/C12H15ClO2/c1-12(6-7-14)5-4-9-8-10(13)2-3-11(9)15-12/h2-3,8,14H,4-7H2,1H3. The topological polar surface area (TPSA) is 29.5 Å². The first kappa shape index (κ1) is 10.8. The van der Waals surface area contributed by atoms with Crippen molar-refractivity contribution in [3.63, 3.8) is 0 Å². The predicted molar refractivity (Wildman–Crippen MR) is 60.5 cm³/mol. The van der Waals surface area contributed by atoms with E-state index in [9.17, 15) is 0 Å². The van der Waals surface area contributed by atoms with Gasteiger partial charge in [-0.05, 0) is 43.5 Å². The number of aryl methyl sites for hydroxylation is 1. The Balaban J connectivity index is 2.23. The lowest BCUT2D eigenvalue weighted by Crippen LogP contribution is -2.37. The monoisotopic (exact) mass is 226 g/mol. The zero-order valence-corrected chi connectivity index (χ0v) is 9.55. The molecule has 1 aromatic carbocycles. The highest BCUT2D eigenvalue weighted by Crippen LogP contribution is 2.36. The van der Waals surface area contributed by atoms with Crippen LogP contribution in [0, 0.1) is 0 Å². The lowest BCUT2D eigenvalue weighted by atomic mass is 9.90. The van der Waals surface area contributed by atoms with E-state index in [1.165, 1.54) is 0 Å². The number of hydrogen-bond donors (Lipinski definition) is 1. The second kappa shape index (κ2) is 4.03. The maximum absolute atomic E-state index is 8.97. The first-order valence-corrected chi connectivity index (χ1v) is 5.59. The van der Waals surface area contributed by atoms with E-state index in [1.807, 2.05) is 25.1 Å². The highest BCUT2D eigenvalue weighted by atomic mass is 35.5. The van der Waals surface area contributed by atoms with Gasteiger partial charge in [0.2, 0.25) is 0 Å². The van der Waals surface area contributed by atoms with Gasteiger partial charge in [-0.15, -0.1) is 0 Å². The van der Waals surface area contributed by atoms with Crippen LogP contribution in [-0.2, 0) is 6.42 Å². The Labute approximate surface area is 94.8 Å². The molecule has 0 radical (unpaired) electrons. The zero-order valence-electron chi connectivity index (χ0n) is 8.79. The fourth-order valence-corrected chi connectivity index (χ4v) is 2.17. The number of hydrogen-bond acceptors (Lipinski definition) is 2. The summed E-state index contributed by atoms with van der Waals surface area (Å²) in [5, 5.41) is 9.73. The molecule has 0 spiro atoms. The van der Waals surface area contributed by atoms with Gasteiger partial charge in [0.15, 0.2) is 0 Å². The summed E-state index contributed by atoms with van der Waals surface area (Å²) in [6.45, 7) is 2.21. The molecule has 1 N–H and O–H groups in total. The van der Waals surface area contributed by atoms with Crippen molar-refractivity contribution in [2.75, 3.05) is 6.61 Å². The van der Waals surface area contributed by atoms with Gasteiger partial charge in [-0.1, -0.05) is 11.6 Å². The van der Waals surface area contributed by atoms with Crippen molar-refractivity contribution in [2.24, 2.45) is 0 Å². The van der Waals surface area contributed by atoms with Crippen LogP contribution in [-0.4, -0.2) is 17.3 Å². The van der Waals surface area contributed by atoms with Crippen LogP contribution in [0.4, 0.5) is 0 Å². The molecule has 1 heterocycles. The highest BCUT2D eigenvalue weighted by molar-refractivity contribution is 6.30. The summed E-state index contributed by atoms with van der Waals surface area (Å²) >= 11 is 5.91. The van der Waals surface area contributed by atoms with Gasteiger partial charge >= 0.3 is 0 Å². The molecular weight excluding hydrogens is 212 g/mol. The smallest absolute Gasteiger partial charge is 0.123 e. The minimum Gasteiger partial charge on any atom is -0.487 e. The fraction of sp³-hybridized carbons (Fsp3) is 0.500. The molecule has 3 heteroatoms. The predicted octanol–water partition coefficient (Wildman–Crippen LogP) is 2.81. The van der Waals surface area contributed by atoms with Crippen LogP contribution in [0.5, 0.6) is 5.75 Å². The fourth-order valence-electron chi connectivity index (χ4n) is 1.97. The minimum absolute atomic E-state index is 0.166. The number of benzene rings is 1. The zero-order chi connectivity index (χ0) is 10.9. The van der Waals surface area contributed by atoms with Crippen LogP contribution in [0.3, 0.4) is 0 Å². The van der Waals surface area contributed by atoms with Crippen LogP contribution >= 0.6 is 11.6 Å². The summed E-state index contributed by atoms with van der Waals surface area (Å²) in [5.41, 5.74) is 0.938. The van der Waals surface area contributed by atoms with Crippen molar-refractivity contribution < 1.29 is 9.84 Å². The summed E-state index contributed by atoms with van der Waals surface area (Å²) in [5.74, 6) is 0.904. The molecular formula is C12H15ClO2. The molecule has 82 valence electrons. The van der Waals surface area contributed by atoms with E-state index >= 15 is 0 Å². The molecule has 0 aliphatic carbocycles. The van der Waals surface area contributed by atoms with Crippen molar-refractivity contribution in [1.29, 1.82) is 0 Å². The summed E-state index contributed by atoms with van der Waals surface area (Å²) in [6, 6.07) is 5.70. The third kappa shape index (κ3) is 2.27. The van der Waals surface area contributed by atoms with Gasteiger partial charge in [-0.3, -0.25) is 0 Å². The Morgan fingerprint density at radius 1 is 1.53 bits per heavy atom. The number of rotatable bonds is 2. The molecule has 0 saturated heterocycles. The van der Waals surface area contributed by atoms with Gasteiger partial charge in [-0.25, -0.2) is 0 Å². The molecule has 1 atom stereocenters. The van der Waals surface area contributed by atoms with E-state index in [-0.39, 0.29) is 12.2 Å². The Hall–Kier alpha value is -0.730. The largest absolute Gasteiger partial charge is 0.487 e. The first-order chi connectivity index (χ1) is 7.13. The Morgan fingerprint density at radius 2 is 2.33 bits per heavy atom. The normalized spacial score (nSPS) is 24.5. The van der Waals surface area contributed by atoms with Gasteiger partial charge in [-0.2, -0.15) is 0 Å². The second-order valence-corrected chi connectivity index (χ2v) is 4.71. The molecule has 1 unspecified atom stereocenters. The lowest BCUT2D eigenvalue weighted by Gasteiger charge is -2.35. The molecule has 15 heavy (non-hydrogen) atoms. The van der Waals surface area contributed by atoms with Crippen LogP contribution in [0.15, 0.2) is 18.2 Å². The maximum atomic E-state index is 8.97. The Morgan fingerprint density at radius 3 is 3.07 bits per heavy atom. The molecule has 0 aromatic heterocycles. The van der Waals surface area contributed by atoms with Crippen molar-refractivity contribution in [2.45, 2.75) is 31.8 Å². The van der Waals surface area contributed by atoms with Crippen molar-refractivity contribution >= 4 is 11.6 Å². The van der Waals surface area contributed by atoms with Crippen molar-refractivity contribution in [3.05, 3.63) is 28.8 Å². The SMILES string of the molecule is CC1(CCO)CCc2cc(Cl)ccc2O1. The number of ether oxygens (including phenoxy) is 1. The number of fused-ring (bicyclic) bond motifs is 1. The van der Waals surface area contributed by atoms with Crippen molar-refractivity contribution in [1.82, 2.24) is 0 Å². The molecule has 0 bridgehead atoms. The summed E-state index contributed by atoms with van der Waals surface area (Å²) in [7, 11) is 0. The third-order valence-corrected chi connectivity index (χ3v) is 3.18. The number of aliphatic hydroxyl groups is 1. The van der Waals surface area contributed by atoms with Crippen molar-refractivity contribution in [3.8, 4) is 5.75 Å². The molecule has 2 rings (SSSR count). The van der Waals surface area contributed by atoms with Crippen LogP contribution in [0.25, 0.3) is 0 Å². The van der Waals surface area contributed by atoms with E-state index in [4.69, 9.17) is 21.4 Å². The maximum Gasteiger partial charge on any atom is 0.123 e. The van der Waals surface area contributed by atoms with E-state index in [1.54, 1.807) is 0 Å². The molecule has 1 aliphatic rings. The highest BCUT2D eigenvalue weighted by Gasteiger charge is 2.30. The second-order valence-electron chi connectivity index (χ2n) is 4.28. The van der Waals surface area contributed by atoms with E-state index in [0.717, 1.165) is 29.2 Å². The molecule has 0 fully saturated rings. The first-order valence-electron chi connectivity index (χ1n) is 5.21. The Kier molecular flexibility index (Phi) is 2.89. The van der Waals surface area contributed by atoms with Gasteiger partial charge < -0.3 is 9.84 Å². The van der Waals surface area contributed by atoms with Gasteiger partial charge in [0.05, 0.1) is 0 Å². The summed E-state index contributed by atoms with van der Waals surface area (Å²) in [6.07, 6.45) is 2.57. The Bertz CT molecular complexity index is 365. The molecule has 0 amide bonds. The third-order valence-electron chi connectivity index (χ3n) is 2.94. The molecule has 0 saturated carbocycles. The summed E-state index contributed by atoms with van der Waals surface area (Å²) in [4.78, 5) is 0. The van der Waals surface area contributed by atoms with Gasteiger partial charge in [0, 0.05) is 18.1 Å². The molecule has 1 aliphatic heterocycles. The molecule has 2 nitrogen and oxygen atoms in total. The average molecular weight is 227 g/mol. The quantitative estimate of drug-likeness (QED) is 0.841. The van der Waals surface area contributed by atoms with E-state index in [2.05, 4.69) is 0 Å². The molecule has 1 aromatic rings. The van der Waals surface area contributed by atoms with Gasteiger partial charge in [0.25, 0.3) is 0 Å². The lowest BCUT2D eigenvalue weighted by molar-refractivity contribution is 0.0389.